The summed E-state index contributed by atoms with van der Waals surface area (Å²) < 4.78 is 4.61. The van der Waals surface area contributed by atoms with Crippen LogP contribution in [0.4, 0.5) is 5.69 Å². The quantitative estimate of drug-likeness (QED) is 0.794. The van der Waals surface area contributed by atoms with Crippen molar-refractivity contribution in [2.24, 2.45) is 11.8 Å². The second-order valence-electron chi connectivity index (χ2n) is 4.31. The molecule has 0 aromatic heterocycles. The van der Waals surface area contributed by atoms with E-state index in [1.54, 1.807) is 18.2 Å². The Morgan fingerprint density at radius 3 is 2.53 bits per heavy atom. The largest absolute Gasteiger partial charge is 0.481 e. The fraction of sp³-hybridized carbons (Fsp3) is 0.308. The molecule has 1 saturated carbocycles. The molecule has 100 valence electrons. The predicted molar refractivity (Wildman–Crippen MR) is 65.6 cm³/mol. The van der Waals surface area contributed by atoms with Gasteiger partial charge >= 0.3 is 11.9 Å². The van der Waals surface area contributed by atoms with Gasteiger partial charge in [-0.15, -0.1) is 0 Å². The van der Waals surface area contributed by atoms with Crippen LogP contribution >= 0.6 is 0 Å². The van der Waals surface area contributed by atoms with Crippen molar-refractivity contribution in [2.45, 2.75) is 6.42 Å². The minimum atomic E-state index is -0.971. The van der Waals surface area contributed by atoms with Gasteiger partial charge in [0.15, 0.2) is 0 Å². The molecule has 19 heavy (non-hydrogen) atoms. The van der Waals surface area contributed by atoms with Gasteiger partial charge in [-0.3, -0.25) is 9.59 Å². The van der Waals surface area contributed by atoms with Gasteiger partial charge in [0.25, 0.3) is 0 Å². The highest BCUT2D eigenvalue weighted by Gasteiger charge is 2.48. The van der Waals surface area contributed by atoms with Crippen molar-refractivity contribution in [3.63, 3.8) is 0 Å². The van der Waals surface area contributed by atoms with E-state index in [1.165, 1.54) is 13.2 Å². The smallest absolute Gasteiger partial charge is 0.339 e. The van der Waals surface area contributed by atoms with Crippen molar-refractivity contribution >= 4 is 23.5 Å². The zero-order valence-electron chi connectivity index (χ0n) is 10.3. The molecule has 0 radical (unpaired) electrons. The summed E-state index contributed by atoms with van der Waals surface area (Å²) in [5.41, 5.74) is 0.571. The number of amides is 1. The van der Waals surface area contributed by atoms with Crippen LogP contribution in [0.15, 0.2) is 24.3 Å². The molecule has 0 spiro atoms. The van der Waals surface area contributed by atoms with Gasteiger partial charge in [-0.2, -0.15) is 0 Å². The van der Waals surface area contributed by atoms with Crippen molar-refractivity contribution in [3.05, 3.63) is 29.8 Å². The highest BCUT2D eigenvalue weighted by Crippen LogP contribution is 2.39. The van der Waals surface area contributed by atoms with E-state index in [1.807, 2.05) is 0 Å². The van der Waals surface area contributed by atoms with E-state index in [0.29, 0.717) is 12.1 Å². The fourth-order valence-electron chi connectivity index (χ4n) is 1.86. The number of benzene rings is 1. The van der Waals surface area contributed by atoms with Crippen LogP contribution in [0.2, 0.25) is 0 Å². The molecule has 1 amide bonds. The summed E-state index contributed by atoms with van der Waals surface area (Å²) in [4.78, 5) is 34.0. The van der Waals surface area contributed by atoms with Crippen LogP contribution in [0, 0.1) is 11.8 Å². The van der Waals surface area contributed by atoms with Gasteiger partial charge in [-0.25, -0.2) is 4.79 Å². The van der Waals surface area contributed by atoms with E-state index in [-0.39, 0.29) is 11.5 Å². The predicted octanol–water partition coefficient (Wildman–Crippen LogP) is 1.13. The Kier molecular flexibility index (Phi) is 3.50. The third-order valence-corrected chi connectivity index (χ3v) is 3.03. The maximum atomic E-state index is 11.8. The highest BCUT2D eigenvalue weighted by molar-refractivity contribution is 6.03. The van der Waals surface area contributed by atoms with E-state index in [2.05, 4.69) is 10.1 Å². The van der Waals surface area contributed by atoms with Crippen LogP contribution in [0.3, 0.4) is 0 Å². The average Bonchev–Trinajstić information content (AvgIpc) is 3.19. The second kappa shape index (κ2) is 5.09. The van der Waals surface area contributed by atoms with Gasteiger partial charge < -0.3 is 15.2 Å². The molecule has 6 nitrogen and oxygen atoms in total. The minimum absolute atomic E-state index is 0.242. The molecular weight excluding hydrogens is 250 g/mol. The van der Waals surface area contributed by atoms with Crippen LogP contribution in [0.25, 0.3) is 0 Å². The molecule has 1 aliphatic carbocycles. The Morgan fingerprint density at radius 1 is 1.26 bits per heavy atom. The first-order chi connectivity index (χ1) is 9.04. The fourth-order valence-corrected chi connectivity index (χ4v) is 1.86. The number of carboxylic acids is 1. The van der Waals surface area contributed by atoms with Crippen LogP contribution in [0.5, 0.6) is 0 Å². The second-order valence-corrected chi connectivity index (χ2v) is 4.31. The maximum absolute atomic E-state index is 11.8. The van der Waals surface area contributed by atoms with Crippen molar-refractivity contribution in [1.82, 2.24) is 0 Å². The van der Waals surface area contributed by atoms with E-state index < -0.39 is 23.8 Å². The zero-order chi connectivity index (χ0) is 14.0. The molecule has 6 heteroatoms. The van der Waals surface area contributed by atoms with Gasteiger partial charge in [-0.1, -0.05) is 12.1 Å². The van der Waals surface area contributed by atoms with Gasteiger partial charge in [-0.05, 0) is 18.6 Å². The Bertz CT molecular complexity index is 540. The Hall–Kier alpha value is -2.37. The zero-order valence-corrected chi connectivity index (χ0v) is 10.3. The topological polar surface area (TPSA) is 92.7 Å². The van der Waals surface area contributed by atoms with E-state index in [0.717, 1.165) is 0 Å². The van der Waals surface area contributed by atoms with E-state index in [9.17, 15) is 14.4 Å². The Morgan fingerprint density at radius 2 is 1.95 bits per heavy atom. The molecule has 1 aromatic rings. The summed E-state index contributed by atoms with van der Waals surface area (Å²) in [6.07, 6.45) is 0.335. The number of anilines is 1. The number of rotatable bonds is 4. The molecule has 2 rings (SSSR count). The number of methoxy groups -OCH3 is 1. The number of ether oxygens (including phenoxy) is 1. The number of carbonyl (C=O) groups excluding carboxylic acids is 2. The maximum Gasteiger partial charge on any atom is 0.339 e. The van der Waals surface area contributed by atoms with Crippen molar-refractivity contribution < 1.29 is 24.2 Å². The van der Waals surface area contributed by atoms with Crippen molar-refractivity contribution in [1.29, 1.82) is 0 Å². The number of hydrogen-bond donors (Lipinski definition) is 2. The van der Waals surface area contributed by atoms with Gasteiger partial charge in [0.05, 0.1) is 30.2 Å². The van der Waals surface area contributed by atoms with Crippen molar-refractivity contribution in [2.75, 3.05) is 12.4 Å². The number of esters is 1. The van der Waals surface area contributed by atoms with E-state index in [4.69, 9.17) is 5.11 Å². The first-order valence-electron chi connectivity index (χ1n) is 5.75. The molecule has 2 N–H and O–H groups in total. The standard InChI is InChI=1S/C13H13NO5/c1-19-13(18)7-4-2-3-5-10(7)14-11(15)8-6-9(8)12(16)17/h2-5,8-9H,6H2,1H3,(H,14,15)(H,16,17). The number of carbonyl (C=O) groups is 3. The summed E-state index contributed by atoms with van der Waals surface area (Å²) in [5, 5.41) is 11.3. The third-order valence-electron chi connectivity index (χ3n) is 3.03. The summed E-state index contributed by atoms with van der Waals surface area (Å²) >= 11 is 0. The van der Waals surface area contributed by atoms with Crippen LogP contribution in [0.1, 0.15) is 16.8 Å². The first kappa shape index (κ1) is 13.1. The Labute approximate surface area is 109 Å². The summed E-state index contributed by atoms with van der Waals surface area (Å²) in [7, 11) is 1.25. The molecule has 0 aliphatic heterocycles. The van der Waals surface area contributed by atoms with Crippen LogP contribution in [-0.2, 0) is 14.3 Å². The molecule has 1 fully saturated rings. The van der Waals surface area contributed by atoms with Crippen LogP contribution in [-0.4, -0.2) is 30.1 Å². The molecule has 0 bridgehead atoms. The lowest BCUT2D eigenvalue weighted by Gasteiger charge is -2.09. The molecule has 1 aromatic carbocycles. The lowest BCUT2D eigenvalue weighted by atomic mass is 10.1. The summed E-state index contributed by atoms with van der Waals surface area (Å²) in [5.74, 6) is -3.06. The summed E-state index contributed by atoms with van der Waals surface area (Å²) in [6, 6.07) is 6.42. The molecule has 2 unspecified atom stereocenters. The summed E-state index contributed by atoms with van der Waals surface area (Å²) in [6.45, 7) is 0. The van der Waals surface area contributed by atoms with Gasteiger partial charge in [0.2, 0.25) is 5.91 Å². The molecule has 0 heterocycles. The number of para-hydroxylation sites is 1. The number of nitrogens with one attached hydrogen (secondary N) is 1. The molecule has 1 aliphatic rings. The minimum Gasteiger partial charge on any atom is -0.481 e. The van der Waals surface area contributed by atoms with Crippen molar-refractivity contribution in [3.8, 4) is 0 Å². The Balaban J connectivity index is 2.10. The molecular formula is C13H13NO5. The van der Waals surface area contributed by atoms with Crippen LogP contribution < -0.4 is 5.32 Å². The SMILES string of the molecule is COC(=O)c1ccccc1NC(=O)C1CC1C(=O)O. The van der Waals surface area contributed by atoms with Gasteiger partial charge in [0, 0.05) is 0 Å². The third kappa shape index (κ3) is 2.73. The van der Waals surface area contributed by atoms with E-state index >= 15 is 0 Å². The molecule has 0 saturated heterocycles. The lowest BCUT2D eigenvalue weighted by molar-refractivity contribution is -0.139. The lowest BCUT2D eigenvalue weighted by Crippen LogP contribution is -2.18. The normalized spacial score (nSPS) is 20.5. The highest BCUT2D eigenvalue weighted by atomic mass is 16.5. The monoisotopic (exact) mass is 263 g/mol. The van der Waals surface area contributed by atoms with Gasteiger partial charge in [0.1, 0.15) is 0 Å². The average molecular weight is 263 g/mol. The number of hydrogen-bond acceptors (Lipinski definition) is 4. The number of aliphatic carboxylic acids is 1. The molecule has 2 atom stereocenters. The first-order valence-corrected chi connectivity index (χ1v) is 5.75. The number of carboxylic acid groups (broad SMARTS) is 1.